The normalized spacial score (nSPS) is 11.0. The van der Waals surface area contributed by atoms with Gasteiger partial charge in [0.2, 0.25) is 0 Å². The molecule has 0 aliphatic carbocycles. The minimum atomic E-state index is -0.470. The minimum Gasteiger partial charge on any atom is -0.496 e. The average molecular weight is 379 g/mol. The van der Waals surface area contributed by atoms with Gasteiger partial charge in [0, 0.05) is 17.8 Å². The maximum absolute atomic E-state index is 11.2. The second kappa shape index (κ2) is 6.69. The van der Waals surface area contributed by atoms with Crippen LogP contribution in [0.1, 0.15) is 5.56 Å². The van der Waals surface area contributed by atoms with E-state index in [1.165, 1.54) is 19.5 Å². The molecule has 0 saturated carbocycles. The molecule has 0 spiro atoms. The highest BCUT2D eigenvalue weighted by Crippen LogP contribution is 2.37. The molecule has 2 N–H and O–H groups in total. The first-order valence-electron chi connectivity index (χ1n) is 8.43. The van der Waals surface area contributed by atoms with Gasteiger partial charge in [0.05, 0.1) is 30.0 Å². The zero-order valence-electron chi connectivity index (χ0n) is 15.4. The molecule has 2 heterocycles. The third kappa shape index (κ3) is 2.73. The lowest BCUT2D eigenvalue weighted by atomic mass is 10.1. The first-order valence-corrected chi connectivity index (χ1v) is 8.43. The number of aromatic amines is 1. The molecule has 4 rings (SSSR count). The molecule has 0 unspecified atom stereocenters. The molecule has 2 aromatic carbocycles. The summed E-state index contributed by atoms with van der Waals surface area (Å²) in [4.78, 5) is 22.8. The predicted molar refractivity (Wildman–Crippen MR) is 106 cm³/mol. The lowest BCUT2D eigenvalue weighted by Gasteiger charge is -2.11. The topological polar surface area (TPSA) is 115 Å². The van der Waals surface area contributed by atoms with Crippen molar-refractivity contribution in [1.82, 2.24) is 15.0 Å². The van der Waals surface area contributed by atoms with Gasteiger partial charge < -0.3 is 19.8 Å². The summed E-state index contributed by atoms with van der Waals surface area (Å²) in [6, 6.07) is 8.75. The second-order valence-corrected chi connectivity index (χ2v) is 6.17. The fraction of sp³-hybridized carbons (Fsp3) is 0.158. The number of hydrogen-bond donors (Lipinski definition) is 2. The zero-order valence-corrected chi connectivity index (χ0v) is 15.4. The highest BCUT2D eigenvalue weighted by atomic mass is 16.6. The Kier molecular flexibility index (Phi) is 4.19. The number of nitrogens with one attached hydrogen (secondary N) is 2. The molecular formula is C19H17N5O4. The van der Waals surface area contributed by atoms with Crippen molar-refractivity contribution in [1.29, 1.82) is 0 Å². The number of benzene rings is 2. The first kappa shape index (κ1) is 17.5. The van der Waals surface area contributed by atoms with Crippen LogP contribution in [0.5, 0.6) is 11.5 Å². The Hall–Kier alpha value is -3.88. The summed E-state index contributed by atoms with van der Waals surface area (Å²) in [7, 11) is 3.01. The Morgan fingerprint density at radius 1 is 1.14 bits per heavy atom. The van der Waals surface area contributed by atoms with Gasteiger partial charge in [-0.15, -0.1) is 0 Å². The van der Waals surface area contributed by atoms with E-state index in [0.717, 1.165) is 16.4 Å². The Labute approximate surface area is 159 Å². The van der Waals surface area contributed by atoms with Crippen molar-refractivity contribution in [3.63, 3.8) is 0 Å². The van der Waals surface area contributed by atoms with Crippen LogP contribution >= 0.6 is 0 Å². The van der Waals surface area contributed by atoms with Crippen LogP contribution in [0, 0.1) is 17.0 Å². The molecule has 28 heavy (non-hydrogen) atoms. The van der Waals surface area contributed by atoms with E-state index in [-0.39, 0.29) is 11.4 Å². The molecule has 0 fully saturated rings. The number of nitro groups is 1. The largest absolute Gasteiger partial charge is 0.496 e. The van der Waals surface area contributed by atoms with Gasteiger partial charge >= 0.3 is 5.69 Å². The lowest BCUT2D eigenvalue weighted by Crippen LogP contribution is -2.00. The summed E-state index contributed by atoms with van der Waals surface area (Å²) in [6.45, 7) is 1.78. The van der Waals surface area contributed by atoms with Crippen molar-refractivity contribution in [2.75, 3.05) is 19.5 Å². The molecule has 0 bridgehead atoms. The van der Waals surface area contributed by atoms with Crippen molar-refractivity contribution < 1.29 is 14.4 Å². The standard InChI is InChI=1S/C19H17N5O4/c1-10-7-13(24(25)26)15(28-3)8-12(10)23-19-18-17(20-9-21-19)16-11(22-18)5-4-6-14(16)27-2/h4-9,22H,1-3H3,(H,20,21,23). The van der Waals surface area contributed by atoms with Crippen molar-refractivity contribution >= 4 is 39.1 Å². The number of methoxy groups -OCH3 is 2. The Bertz CT molecular complexity index is 1220. The van der Waals surface area contributed by atoms with Crippen LogP contribution in [-0.2, 0) is 0 Å². The van der Waals surface area contributed by atoms with Crippen molar-refractivity contribution in [2.45, 2.75) is 6.92 Å². The van der Waals surface area contributed by atoms with Crippen LogP contribution in [0.25, 0.3) is 21.9 Å². The number of aryl methyl sites for hydroxylation is 1. The van der Waals surface area contributed by atoms with Crippen molar-refractivity contribution in [2.24, 2.45) is 0 Å². The minimum absolute atomic E-state index is 0.0891. The van der Waals surface area contributed by atoms with Gasteiger partial charge in [0.15, 0.2) is 11.6 Å². The Balaban J connectivity index is 1.86. The number of rotatable bonds is 5. The molecule has 0 radical (unpaired) electrons. The van der Waals surface area contributed by atoms with Gasteiger partial charge in [-0.25, -0.2) is 9.97 Å². The maximum Gasteiger partial charge on any atom is 0.311 e. The van der Waals surface area contributed by atoms with E-state index < -0.39 is 4.92 Å². The molecule has 9 nitrogen and oxygen atoms in total. The van der Waals surface area contributed by atoms with Gasteiger partial charge in [0.25, 0.3) is 0 Å². The van der Waals surface area contributed by atoms with Crippen LogP contribution in [0.2, 0.25) is 0 Å². The number of fused-ring (bicyclic) bond motifs is 3. The monoisotopic (exact) mass is 379 g/mol. The Morgan fingerprint density at radius 2 is 1.93 bits per heavy atom. The van der Waals surface area contributed by atoms with Crippen LogP contribution in [-0.4, -0.2) is 34.1 Å². The van der Waals surface area contributed by atoms with Crippen molar-refractivity contribution in [3.05, 3.63) is 52.3 Å². The zero-order chi connectivity index (χ0) is 19.8. The summed E-state index contributed by atoms with van der Waals surface area (Å²) < 4.78 is 10.6. The number of aromatic nitrogens is 3. The SMILES string of the molecule is COc1cc(Nc2ncnc3c2[nH]c2cccc(OC)c23)c(C)cc1[N+](=O)[O-]. The molecule has 142 valence electrons. The smallest absolute Gasteiger partial charge is 0.311 e. The third-order valence-corrected chi connectivity index (χ3v) is 4.57. The molecule has 0 saturated heterocycles. The number of H-pyrrole nitrogens is 1. The summed E-state index contributed by atoms with van der Waals surface area (Å²) >= 11 is 0. The summed E-state index contributed by atoms with van der Waals surface area (Å²) in [5.74, 6) is 1.42. The fourth-order valence-corrected chi connectivity index (χ4v) is 3.21. The highest BCUT2D eigenvalue weighted by Gasteiger charge is 2.19. The Morgan fingerprint density at radius 3 is 2.64 bits per heavy atom. The van der Waals surface area contributed by atoms with E-state index >= 15 is 0 Å². The number of anilines is 2. The molecule has 2 aromatic heterocycles. The van der Waals surface area contributed by atoms with E-state index in [1.807, 2.05) is 18.2 Å². The molecular weight excluding hydrogens is 362 g/mol. The molecule has 4 aromatic rings. The predicted octanol–water partition coefficient (Wildman–Crippen LogP) is 4.09. The van der Waals surface area contributed by atoms with Gasteiger partial charge in [-0.1, -0.05) is 6.07 Å². The average Bonchev–Trinajstić information content (AvgIpc) is 3.09. The van der Waals surface area contributed by atoms with E-state index in [9.17, 15) is 10.1 Å². The van der Waals surface area contributed by atoms with Crippen LogP contribution in [0.3, 0.4) is 0 Å². The molecule has 0 atom stereocenters. The quantitative estimate of drug-likeness (QED) is 0.396. The van der Waals surface area contributed by atoms with Gasteiger partial charge in [-0.2, -0.15) is 0 Å². The number of ether oxygens (including phenoxy) is 2. The first-order chi connectivity index (χ1) is 13.5. The van der Waals surface area contributed by atoms with Crippen LogP contribution < -0.4 is 14.8 Å². The number of nitro benzene ring substituents is 1. The molecule has 0 aliphatic rings. The fourth-order valence-electron chi connectivity index (χ4n) is 3.21. The number of nitrogens with zero attached hydrogens (tertiary/aromatic N) is 3. The number of hydrogen-bond acceptors (Lipinski definition) is 7. The lowest BCUT2D eigenvalue weighted by molar-refractivity contribution is -0.385. The molecule has 0 aliphatic heterocycles. The maximum atomic E-state index is 11.2. The van der Waals surface area contributed by atoms with Gasteiger partial charge in [-0.3, -0.25) is 10.1 Å². The summed E-state index contributed by atoms with van der Waals surface area (Å²) in [5.41, 5.74) is 3.54. The van der Waals surface area contributed by atoms with Crippen LogP contribution in [0.4, 0.5) is 17.2 Å². The van der Waals surface area contributed by atoms with E-state index in [4.69, 9.17) is 9.47 Å². The molecule has 0 amide bonds. The van der Waals surface area contributed by atoms with Gasteiger partial charge in [0.1, 0.15) is 23.1 Å². The van der Waals surface area contributed by atoms with Gasteiger partial charge in [-0.05, 0) is 24.6 Å². The van der Waals surface area contributed by atoms with Crippen LogP contribution in [0.15, 0.2) is 36.7 Å². The van der Waals surface area contributed by atoms with E-state index in [2.05, 4.69) is 20.3 Å². The third-order valence-electron chi connectivity index (χ3n) is 4.57. The van der Waals surface area contributed by atoms with Crippen molar-refractivity contribution in [3.8, 4) is 11.5 Å². The second-order valence-electron chi connectivity index (χ2n) is 6.17. The highest BCUT2D eigenvalue weighted by molar-refractivity contribution is 6.11. The van der Waals surface area contributed by atoms with E-state index in [0.29, 0.717) is 28.3 Å². The summed E-state index contributed by atoms with van der Waals surface area (Å²) in [5, 5.41) is 15.3. The summed E-state index contributed by atoms with van der Waals surface area (Å²) in [6.07, 6.45) is 1.46. The van der Waals surface area contributed by atoms with E-state index in [1.54, 1.807) is 20.1 Å². The molecule has 9 heteroatoms.